The number of ether oxygens (including phenoxy) is 1. The van der Waals surface area contributed by atoms with Gasteiger partial charge >= 0.3 is 5.69 Å². The van der Waals surface area contributed by atoms with Crippen LogP contribution < -0.4 is 11.0 Å². The van der Waals surface area contributed by atoms with E-state index in [1.807, 2.05) is 19.9 Å². The van der Waals surface area contributed by atoms with Crippen LogP contribution in [0.15, 0.2) is 10.9 Å². The molecule has 0 aromatic carbocycles. The summed E-state index contributed by atoms with van der Waals surface area (Å²) in [7, 11) is 1.61. The fourth-order valence-electron chi connectivity index (χ4n) is 3.46. The van der Waals surface area contributed by atoms with Crippen molar-refractivity contribution in [3.8, 4) is 0 Å². The SMILES string of the molecule is COC[C@@H](C)NC(=O)C1CCN(C(=O)CCn2c(C)cc(C)nc2=O)CC1. The van der Waals surface area contributed by atoms with Gasteiger partial charge in [-0.2, -0.15) is 4.98 Å². The lowest BCUT2D eigenvalue weighted by molar-refractivity contribution is -0.136. The molecule has 0 saturated carbocycles. The van der Waals surface area contributed by atoms with Crippen molar-refractivity contribution in [2.75, 3.05) is 26.8 Å². The number of rotatable bonds is 7. The van der Waals surface area contributed by atoms with E-state index in [9.17, 15) is 14.4 Å². The fourth-order valence-corrected chi connectivity index (χ4v) is 3.46. The zero-order chi connectivity index (χ0) is 20.0. The molecule has 2 amide bonds. The molecule has 8 nitrogen and oxygen atoms in total. The van der Waals surface area contributed by atoms with Crippen LogP contribution in [-0.2, 0) is 20.9 Å². The smallest absolute Gasteiger partial charge is 0.347 e. The topological polar surface area (TPSA) is 93.5 Å². The summed E-state index contributed by atoms with van der Waals surface area (Å²) in [5.74, 6) is -0.0347. The highest BCUT2D eigenvalue weighted by Crippen LogP contribution is 2.18. The van der Waals surface area contributed by atoms with E-state index < -0.39 is 0 Å². The number of methoxy groups -OCH3 is 1. The van der Waals surface area contributed by atoms with Crippen molar-refractivity contribution in [2.45, 2.75) is 52.6 Å². The molecule has 0 unspecified atom stereocenters. The molecule has 150 valence electrons. The second-order valence-corrected chi connectivity index (χ2v) is 7.24. The molecule has 27 heavy (non-hydrogen) atoms. The Labute approximate surface area is 159 Å². The zero-order valence-corrected chi connectivity index (χ0v) is 16.7. The van der Waals surface area contributed by atoms with E-state index in [0.717, 1.165) is 5.69 Å². The Morgan fingerprint density at radius 2 is 2.00 bits per heavy atom. The van der Waals surface area contributed by atoms with Crippen molar-refractivity contribution < 1.29 is 14.3 Å². The number of aryl methyl sites for hydroxylation is 2. The van der Waals surface area contributed by atoms with Gasteiger partial charge in [0.05, 0.1) is 6.61 Å². The molecule has 1 aromatic heterocycles. The van der Waals surface area contributed by atoms with Gasteiger partial charge in [0, 0.05) is 56.5 Å². The molecule has 1 N–H and O–H groups in total. The molecule has 1 aliphatic heterocycles. The molecule has 1 aromatic rings. The Morgan fingerprint density at radius 3 is 2.59 bits per heavy atom. The van der Waals surface area contributed by atoms with Crippen molar-refractivity contribution in [3.05, 3.63) is 27.9 Å². The summed E-state index contributed by atoms with van der Waals surface area (Å²) in [5, 5.41) is 2.95. The summed E-state index contributed by atoms with van der Waals surface area (Å²) in [6.45, 7) is 7.46. The molecule has 8 heteroatoms. The van der Waals surface area contributed by atoms with Crippen LogP contribution in [0.5, 0.6) is 0 Å². The highest BCUT2D eigenvalue weighted by atomic mass is 16.5. The summed E-state index contributed by atoms with van der Waals surface area (Å²) in [6.07, 6.45) is 1.57. The highest BCUT2D eigenvalue weighted by Gasteiger charge is 2.27. The van der Waals surface area contributed by atoms with Crippen LogP contribution in [0.2, 0.25) is 0 Å². The number of hydrogen-bond acceptors (Lipinski definition) is 5. The van der Waals surface area contributed by atoms with Gasteiger partial charge in [-0.15, -0.1) is 0 Å². The van der Waals surface area contributed by atoms with E-state index in [1.165, 1.54) is 4.57 Å². The van der Waals surface area contributed by atoms with E-state index >= 15 is 0 Å². The van der Waals surface area contributed by atoms with Gasteiger partial charge < -0.3 is 15.0 Å². The molecule has 0 bridgehead atoms. The second kappa shape index (κ2) is 9.64. The molecule has 0 aliphatic carbocycles. The van der Waals surface area contributed by atoms with Crippen LogP contribution in [-0.4, -0.2) is 59.1 Å². The number of piperidine rings is 1. The van der Waals surface area contributed by atoms with Crippen LogP contribution in [0.1, 0.15) is 37.6 Å². The van der Waals surface area contributed by atoms with Crippen molar-refractivity contribution in [2.24, 2.45) is 5.92 Å². The number of carbonyl (C=O) groups excluding carboxylic acids is 2. The highest BCUT2D eigenvalue weighted by molar-refractivity contribution is 5.80. The van der Waals surface area contributed by atoms with Crippen LogP contribution in [0.4, 0.5) is 0 Å². The summed E-state index contributed by atoms with van der Waals surface area (Å²) < 4.78 is 6.56. The fraction of sp³-hybridized carbons (Fsp3) is 0.684. The zero-order valence-electron chi connectivity index (χ0n) is 16.7. The van der Waals surface area contributed by atoms with Crippen LogP contribution in [0.25, 0.3) is 0 Å². The minimum absolute atomic E-state index is 0.00786. The Bertz CT molecular complexity index is 723. The van der Waals surface area contributed by atoms with Gasteiger partial charge in [0.15, 0.2) is 0 Å². The molecular formula is C19H30N4O4. The summed E-state index contributed by atoms with van der Waals surface area (Å²) in [5.41, 5.74) is 1.17. The normalized spacial score (nSPS) is 16.2. The standard InChI is InChI=1S/C19H30N4O4/c1-13-11-15(3)23(19(26)21-13)10-7-17(24)22-8-5-16(6-9-22)18(25)20-14(2)12-27-4/h11,14,16H,5-10,12H2,1-4H3,(H,20,25)/t14-/m1/s1. The average Bonchev–Trinajstić information content (AvgIpc) is 2.60. The molecule has 0 spiro atoms. The van der Waals surface area contributed by atoms with Gasteiger partial charge in [-0.1, -0.05) is 0 Å². The lowest BCUT2D eigenvalue weighted by Gasteiger charge is -2.32. The first-order chi connectivity index (χ1) is 12.8. The van der Waals surface area contributed by atoms with Gasteiger partial charge in [0.25, 0.3) is 0 Å². The van der Waals surface area contributed by atoms with Gasteiger partial charge in [-0.05, 0) is 39.7 Å². The number of carbonyl (C=O) groups is 2. The Morgan fingerprint density at radius 1 is 1.33 bits per heavy atom. The van der Waals surface area contributed by atoms with Crippen molar-refractivity contribution >= 4 is 11.8 Å². The molecular weight excluding hydrogens is 348 g/mol. The lowest BCUT2D eigenvalue weighted by Crippen LogP contribution is -2.45. The van der Waals surface area contributed by atoms with E-state index in [2.05, 4.69) is 10.3 Å². The molecule has 1 saturated heterocycles. The molecule has 2 rings (SSSR count). The third kappa shape index (κ3) is 5.89. The number of nitrogens with zero attached hydrogens (tertiary/aromatic N) is 3. The first-order valence-corrected chi connectivity index (χ1v) is 9.44. The van der Waals surface area contributed by atoms with E-state index in [4.69, 9.17) is 4.74 Å². The van der Waals surface area contributed by atoms with E-state index in [0.29, 0.717) is 44.8 Å². The molecule has 2 heterocycles. The van der Waals surface area contributed by atoms with Gasteiger partial charge in [0.1, 0.15) is 0 Å². The van der Waals surface area contributed by atoms with E-state index in [1.54, 1.807) is 18.9 Å². The number of amides is 2. The van der Waals surface area contributed by atoms with Crippen LogP contribution in [0, 0.1) is 19.8 Å². The number of hydrogen-bond donors (Lipinski definition) is 1. The van der Waals surface area contributed by atoms with Gasteiger partial charge in [-0.25, -0.2) is 4.79 Å². The maximum absolute atomic E-state index is 12.5. The second-order valence-electron chi connectivity index (χ2n) is 7.24. The molecule has 0 radical (unpaired) electrons. The first kappa shape index (κ1) is 21.1. The third-order valence-corrected chi connectivity index (χ3v) is 4.92. The third-order valence-electron chi connectivity index (χ3n) is 4.92. The Kier molecular flexibility index (Phi) is 7.53. The van der Waals surface area contributed by atoms with Crippen molar-refractivity contribution in [1.82, 2.24) is 19.8 Å². The van der Waals surface area contributed by atoms with Crippen LogP contribution in [0.3, 0.4) is 0 Å². The predicted octanol–water partition coefficient (Wildman–Crippen LogP) is 0.640. The average molecular weight is 378 g/mol. The Balaban J connectivity index is 1.81. The largest absolute Gasteiger partial charge is 0.383 e. The summed E-state index contributed by atoms with van der Waals surface area (Å²) in [4.78, 5) is 42.4. The maximum atomic E-state index is 12.5. The monoisotopic (exact) mass is 378 g/mol. The van der Waals surface area contributed by atoms with Crippen molar-refractivity contribution in [3.63, 3.8) is 0 Å². The number of aromatic nitrogens is 2. The molecule has 1 fully saturated rings. The predicted molar refractivity (Wildman–Crippen MR) is 101 cm³/mol. The summed E-state index contributed by atoms with van der Waals surface area (Å²) >= 11 is 0. The lowest BCUT2D eigenvalue weighted by atomic mass is 9.95. The number of likely N-dealkylation sites (tertiary alicyclic amines) is 1. The maximum Gasteiger partial charge on any atom is 0.347 e. The van der Waals surface area contributed by atoms with E-state index in [-0.39, 0.29) is 35.9 Å². The minimum atomic E-state index is -0.319. The Hall–Kier alpha value is -2.22. The first-order valence-electron chi connectivity index (χ1n) is 9.44. The summed E-state index contributed by atoms with van der Waals surface area (Å²) in [6, 6.07) is 1.81. The van der Waals surface area contributed by atoms with Gasteiger partial charge in [-0.3, -0.25) is 14.2 Å². The number of nitrogens with one attached hydrogen (secondary N) is 1. The quantitative estimate of drug-likeness (QED) is 0.752. The van der Waals surface area contributed by atoms with Crippen molar-refractivity contribution in [1.29, 1.82) is 0 Å². The van der Waals surface area contributed by atoms with Crippen LogP contribution >= 0.6 is 0 Å². The molecule has 1 aliphatic rings. The minimum Gasteiger partial charge on any atom is -0.383 e. The molecule has 1 atom stereocenters. The van der Waals surface area contributed by atoms with Gasteiger partial charge in [0.2, 0.25) is 11.8 Å².